The van der Waals surface area contributed by atoms with Crippen LogP contribution < -0.4 is 9.64 Å². The molecule has 164 valence electrons. The molecule has 2 amide bonds. The summed E-state index contributed by atoms with van der Waals surface area (Å²) in [4.78, 5) is 28.7. The normalized spacial score (nSPS) is 19.6. The number of rotatable bonds is 5. The van der Waals surface area contributed by atoms with Crippen LogP contribution in [0.3, 0.4) is 0 Å². The topological polar surface area (TPSA) is 59.1 Å². The minimum Gasteiger partial charge on any atom is -0.490 e. The number of likely N-dealkylation sites (tertiary alicyclic amines) is 1. The van der Waals surface area contributed by atoms with Crippen LogP contribution >= 0.6 is 0 Å². The lowest BCUT2D eigenvalue weighted by Crippen LogP contribution is -2.41. The molecule has 2 aromatic carbocycles. The smallest absolute Gasteiger partial charge is 0.414 e. The molecule has 0 aromatic heterocycles. The molecule has 2 aliphatic heterocycles. The lowest BCUT2D eigenvalue weighted by Gasteiger charge is -2.32. The van der Waals surface area contributed by atoms with Gasteiger partial charge in [-0.15, -0.1) is 0 Å². The zero-order valence-corrected chi connectivity index (χ0v) is 18.4. The molecule has 0 bridgehead atoms. The number of ether oxygens (including phenoxy) is 2. The fraction of sp³-hybridized carbons (Fsp3) is 0.440. The molecule has 2 fully saturated rings. The number of piperidine rings is 1. The van der Waals surface area contributed by atoms with E-state index in [1.807, 2.05) is 41.3 Å². The van der Waals surface area contributed by atoms with Crippen molar-refractivity contribution in [3.05, 3.63) is 59.7 Å². The summed E-state index contributed by atoms with van der Waals surface area (Å²) in [6.45, 7) is 7.94. The molecular weight excluding hydrogens is 392 g/mol. The van der Waals surface area contributed by atoms with Crippen LogP contribution in [-0.4, -0.2) is 48.7 Å². The van der Waals surface area contributed by atoms with Gasteiger partial charge in [0.1, 0.15) is 18.5 Å². The number of aryl methyl sites for hydroxylation is 1. The second-order valence-electron chi connectivity index (χ2n) is 8.73. The Morgan fingerprint density at radius 1 is 1.03 bits per heavy atom. The first kappa shape index (κ1) is 21.2. The van der Waals surface area contributed by atoms with E-state index in [2.05, 4.69) is 20.8 Å². The van der Waals surface area contributed by atoms with E-state index in [1.165, 1.54) is 5.56 Å². The van der Waals surface area contributed by atoms with Crippen LogP contribution in [0.15, 0.2) is 48.5 Å². The summed E-state index contributed by atoms with van der Waals surface area (Å²) in [6.07, 6.45) is 1.43. The molecule has 6 heteroatoms. The van der Waals surface area contributed by atoms with Crippen LogP contribution in [0.2, 0.25) is 0 Å². The number of hydrogen-bond donors (Lipinski definition) is 0. The van der Waals surface area contributed by atoms with Gasteiger partial charge in [0.25, 0.3) is 5.91 Å². The highest BCUT2D eigenvalue weighted by atomic mass is 16.6. The second kappa shape index (κ2) is 9.00. The van der Waals surface area contributed by atoms with Gasteiger partial charge in [-0.05, 0) is 49.2 Å². The Hall–Kier alpha value is -3.02. The fourth-order valence-electron chi connectivity index (χ4n) is 4.16. The zero-order chi connectivity index (χ0) is 22.0. The average Bonchev–Trinajstić information content (AvgIpc) is 3.17. The highest BCUT2D eigenvalue weighted by Crippen LogP contribution is 2.28. The van der Waals surface area contributed by atoms with Crippen molar-refractivity contribution in [3.63, 3.8) is 0 Å². The molecular formula is C25H30N2O4. The maximum Gasteiger partial charge on any atom is 0.414 e. The highest BCUT2D eigenvalue weighted by Gasteiger charge is 2.36. The Morgan fingerprint density at radius 2 is 1.68 bits per heavy atom. The average molecular weight is 423 g/mol. The van der Waals surface area contributed by atoms with Crippen LogP contribution in [0, 0.1) is 12.8 Å². The quantitative estimate of drug-likeness (QED) is 0.703. The molecule has 0 N–H and O–H groups in total. The first-order chi connectivity index (χ1) is 14.9. The van der Waals surface area contributed by atoms with Crippen LogP contribution in [0.25, 0.3) is 0 Å². The van der Waals surface area contributed by atoms with E-state index < -0.39 is 0 Å². The van der Waals surface area contributed by atoms with Crippen molar-refractivity contribution in [1.29, 1.82) is 0 Å². The highest BCUT2D eigenvalue weighted by molar-refractivity contribution is 5.96. The van der Waals surface area contributed by atoms with Crippen molar-refractivity contribution >= 4 is 17.7 Å². The van der Waals surface area contributed by atoms with Gasteiger partial charge < -0.3 is 14.4 Å². The van der Waals surface area contributed by atoms with E-state index in [4.69, 9.17) is 9.47 Å². The second-order valence-corrected chi connectivity index (χ2v) is 8.73. The van der Waals surface area contributed by atoms with Gasteiger partial charge in [0, 0.05) is 37.2 Å². The summed E-state index contributed by atoms with van der Waals surface area (Å²) in [6, 6.07) is 15.4. The van der Waals surface area contributed by atoms with Gasteiger partial charge in [0.2, 0.25) is 0 Å². The summed E-state index contributed by atoms with van der Waals surface area (Å²) in [5.41, 5.74) is 2.61. The van der Waals surface area contributed by atoms with Crippen molar-refractivity contribution in [1.82, 2.24) is 4.90 Å². The minimum absolute atomic E-state index is 0.0154. The Bertz CT molecular complexity index is 916. The van der Waals surface area contributed by atoms with Gasteiger partial charge in [-0.3, -0.25) is 9.69 Å². The number of benzene rings is 2. The Labute approximate surface area is 183 Å². The first-order valence-corrected chi connectivity index (χ1v) is 11.0. The van der Waals surface area contributed by atoms with Gasteiger partial charge in [-0.25, -0.2) is 4.79 Å². The monoisotopic (exact) mass is 422 g/mol. The Balaban J connectivity index is 1.35. The van der Waals surface area contributed by atoms with Crippen LogP contribution in [0.1, 0.15) is 42.6 Å². The maximum absolute atomic E-state index is 13.0. The number of anilines is 1. The molecule has 4 rings (SSSR count). The number of nitrogens with zero attached hydrogens (tertiary/aromatic N) is 2. The molecule has 0 spiro atoms. The van der Waals surface area contributed by atoms with Gasteiger partial charge in [-0.1, -0.05) is 31.5 Å². The molecule has 0 radical (unpaired) electrons. The predicted molar refractivity (Wildman–Crippen MR) is 120 cm³/mol. The Kier molecular flexibility index (Phi) is 6.16. The molecule has 6 nitrogen and oxygen atoms in total. The Morgan fingerprint density at radius 3 is 2.29 bits per heavy atom. The SMILES string of the molecule is Cc1ccc(OC2CCN(C(=O)c3ccc(N4C(=O)OC[C@H]4C(C)C)cc3)CC2)cc1. The van der Waals surface area contributed by atoms with Gasteiger partial charge in [0.15, 0.2) is 0 Å². The predicted octanol–water partition coefficient (Wildman–Crippen LogP) is 4.66. The van der Waals surface area contributed by atoms with Gasteiger partial charge in [0.05, 0.1) is 6.04 Å². The fourth-order valence-corrected chi connectivity index (χ4v) is 4.16. The van der Waals surface area contributed by atoms with E-state index in [1.54, 1.807) is 17.0 Å². The van der Waals surface area contributed by atoms with Crippen molar-refractivity contribution in [2.45, 2.75) is 45.8 Å². The summed E-state index contributed by atoms with van der Waals surface area (Å²) in [7, 11) is 0. The van der Waals surface area contributed by atoms with Crippen LogP contribution in [0.4, 0.5) is 10.5 Å². The van der Waals surface area contributed by atoms with Crippen LogP contribution in [-0.2, 0) is 4.74 Å². The molecule has 1 atom stereocenters. The molecule has 2 aromatic rings. The van der Waals surface area contributed by atoms with Crippen molar-refractivity contribution < 1.29 is 19.1 Å². The molecule has 0 unspecified atom stereocenters. The van der Waals surface area contributed by atoms with Gasteiger partial charge >= 0.3 is 6.09 Å². The molecule has 31 heavy (non-hydrogen) atoms. The largest absolute Gasteiger partial charge is 0.490 e. The summed E-state index contributed by atoms with van der Waals surface area (Å²) >= 11 is 0. The van der Waals surface area contributed by atoms with E-state index >= 15 is 0 Å². The standard InChI is InChI=1S/C25H30N2O4/c1-17(2)23-16-30-25(29)27(23)20-8-6-19(7-9-20)24(28)26-14-12-22(13-15-26)31-21-10-4-18(3)5-11-21/h4-11,17,22-23H,12-16H2,1-3H3/t23-/m0/s1. The van der Waals surface area contributed by atoms with E-state index in [9.17, 15) is 9.59 Å². The number of hydrogen-bond acceptors (Lipinski definition) is 4. The van der Waals surface area contributed by atoms with E-state index in [0.29, 0.717) is 25.3 Å². The maximum atomic E-state index is 13.0. The van der Waals surface area contributed by atoms with Crippen molar-refractivity contribution in [3.8, 4) is 5.75 Å². The number of carbonyl (C=O) groups excluding carboxylic acids is 2. The number of cyclic esters (lactones) is 1. The number of amides is 2. The first-order valence-electron chi connectivity index (χ1n) is 11.0. The zero-order valence-electron chi connectivity index (χ0n) is 18.4. The van der Waals surface area contributed by atoms with Crippen molar-refractivity contribution in [2.75, 3.05) is 24.6 Å². The van der Waals surface area contributed by atoms with E-state index in [-0.39, 0.29) is 30.1 Å². The number of carbonyl (C=O) groups is 2. The lowest BCUT2D eigenvalue weighted by molar-refractivity contribution is 0.0595. The summed E-state index contributed by atoms with van der Waals surface area (Å²) in [5.74, 6) is 1.19. The van der Waals surface area contributed by atoms with Crippen LogP contribution in [0.5, 0.6) is 5.75 Å². The molecule has 0 aliphatic carbocycles. The molecule has 2 saturated heterocycles. The van der Waals surface area contributed by atoms with Crippen molar-refractivity contribution in [2.24, 2.45) is 5.92 Å². The lowest BCUT2D eigenvalue weighted by atomic mass is 10.0. The third kappa shape index (κ3) is 4.68. The van der Waals surface area contributed by atoms with Gasteiger partial charge in [-0.2, -0.15) is 0 Å². The molecule has 0 saturated carbocycles. The third-order valence-corrected chi connectivity index (χ3v) is 6.12. The summed E-state index contributed by atoms with van der Waals surface area (Å²) < 4.78 is 11.3. The summed E-state index contributed by atoms with van der Waals surface area (Å²) in [5, 5.41) is 0. The van der Waals surface area contributed by atoms with E-state index in [0.717, 1.165) is 24.3 Å². The minimum atomic E-state index is -0.326. The molecule has 2 heterocycles. The third-order valence-electron chi connectivity index (χ3n) is 6.12. The molecule has 2 aliphatic rings.